The summed E-state index contributed by atoms with van der Waals surface area (Å²) in [6.07, 6.45) is -1.52. The third-order valence-corrected chi connectivity index (χ3v) is 8.25. The molecule has 0 fully saturated rings. The molecule has 0 heterocycles. The van der Waals surface area contributed by atoms with E-state index in [0.29, 0.717) is 0 Å². The Balaban J connectivity index is 0. The third-order valence-electron chi connectivity index (χ3n) is 1.49. The maximum absolute atomic E-state index is 10.6. The van der Waals surface area contributed by atoms with Gasteiger partial charge in [-0.1, -0.05) is 0 Å². The number of hydrogen-bond donors (Lipinski definition) is 3. The Kier molecular flexibility index (Phi) is 6.84. The van der Waals surface area contributed by atoms with Crippen LogP contribution in [-0.2, 0) is 30.4 Å². The van der Waals surface area contributed by atoms with Gasteiger partial charge in [0.05, 0.1) is 0 Å². The fourth-order valence-electron chi connectivity index (χ4n) is 0.786. The summed E-state index contributed by atoms with van der Waals surface area (Å²) in [5.74, 6) is 0. The molecule has 0 rings (SSSR count). The molecular weight excluding hydrogens is 315 g/mol. The van der Waals surface area contributed by atoms with Gasteiger partial charge < -0.3 is 6.92 Å². The zero-order chi connectivity index (χ0) is 12.7. The van der Waals surface area contributed by atoms with Crippen molar-refractivity contribution in [2.45, 2.75) is 9.83 Å². The molecule has 3 N–H and O–H groups in total. The Labute approximate surface area is 135 Å². The molecule has 0 unspecified atom stereocenters. The van der Waals surface area contributed by atoms with Crippen molar-refractivity contribution in [2.75, 3.05) is 0 Å². The molecule has 0 radical (unpaired) electrons. The molecule has 9 nitrogen and oxygen atoms in total. The summed E-state index contributed by atoms with van der Waals surface area (Å²) in [5.41, 5.74) is 0. The predicted octanol–water partition coefficient (Wildman–Crippen LogP) is -4.47. The molecule has 0 aromatic rings. The van der Waals surface area contributed by atoms with Crippen LogP contribution < -0.4 is 51.4 Å². The van der Waals surface area contributed by atoms with Gasteiger partial charge in [0.2, 0.25) is 0 Å². The van der Waals surface area contributed by atoms with Gasteiger partial charge in [-0.15, -0.1) is 6.42 Å². The van der Waals surface area contributed by atoms with Gasteiger partial charge in [-0.3, -0.25) is 13.7 Å². The van der Waals surface area contributed by atoms with Gasteiger partial charge in [0.25, 0.3) is 0 Å². The minimum absolute atomic E-state index is 0. The van der Waals surface area contributed by atoms with Crippen LogP contribution in [0.25, 0.3) is 0 Å². The number of rotatable bonds is 4. The van der Waals surface area contributed by atoms with E-state index in [0.717, 1.165) is 0 Å². The standard InChI is InChI=1S/C3H7O9S3.K/c1-2-3(13(4,5)6,14(7,8)9)15(10,11)12;/h1-2H2,(H,4,5,6)(H,7,8,9)(H,10,11,12);/q-1;+1. The first-order valence-electron chi connectivity index (χ1n) is 3.01. The second-order valence-electron chi connectivity index (χ2n) is 2.36. The zero-order valence-corrected chi connectivity index (χ0v) is 13.5. The molecule has 0 aromatic carbocycles. The largest absolute Gasteiger partial charge is 1.00 e. The number of hydrogen-bond acceptors (Lipinski definition) is 6. The maximum atomic E-state index is 10.6. The van der Waals surface area contributed by atoms with E-state index < -0.39 is 40.2 Å². The summed E-state index contributed by atoms with van der Waals surface area (Å²) >= 11 is 0. The van der Waals surface area contributed by atoms with E-state index in [4.69, 9.17) is 13.7 Å². The van der Waals surface area contributed by atoms with Crippen molar-refractivity contribution >= 4 is 30.4 Å². The zero-order valence-electron chi connectivity index (χ0n) is 7.93. The molecule has 0 aliphatic carbocycles. The van der Waals surface area contributed by atoms with Gasteiger partial charge in [0, 0.05) is 0 Å². The molecular formula is C3H7KO9S3. The summed E-state index contributed by atoms with van der Waals surface area (Å²) in [6, 6.07) is 0. The molecule has 0 atom stereocenters. The second-order valence-corrected chi connectivity index (χ2v) is 8.07. The Morgan fingerprint density at radius 3 is 1.00 bits per heavy atom. The molecule has 0 bridgehead atoms. The van der Waals surface area contributed by atoms with Gasteiger partial charge in [-0.2, -0.15) is 25.3 Å². The maximum Gasteiger partial charge on any atom is 1.00 e. The Hall–Kier alpha value is 1.37. The normalized spacial score (nSPS) is 14.2. The van der Waals surface area contributed by atoms with Crippen molar-refractivity contribution in [1.82, 2.24) is 0 Å². The minimum atomic E-state index is -5.83. The predicted molar refractivity (Wildman–Crippen MR) is 47.4 cm³/mol. The fourth-order valence-corrected chi connectivity index (χ4v) is 4.75. The molecule has 0 aliphatic rings. The first-order valence-corrected chi connectivity index (χ1v) is 7.33. The topological polar surface area (TPSA) is 163 Å². The summed E-state index contributed by atoms with van der Waals surface area (Å²) in [4.78, 5) is 0. The molecule has 13 heteroatoms. The van der Waals surface area contributed by atoms with Crippen LogP contribution in [0, 0.1) is 6.92 Å². The molecule has 0 aliphatic heterocycles. The minimum Gasteiger partial charge on any atom is -0.340 e. The third kappa shape index (κ3) is 3.22. The molecule has 0 saturated carbocycles. The molecule has 16 heavy (non-hydrogen) atoms. The van der Waals surface area contributed by atoms with Crippen molar-refractivity contribution in [3.05, 3.63) is 6.92 Å². The van der Waals surface area contributed by atoms with Crippen LogP contribution in [0.1, 0.15) is 6.42 Å². The van der Waals surface area contributed by atoms with E-state index >= 15 is 0 Å². The van der Waals surface area contributed by atoms with Crippen molar-refractivity contribution < 1.29 is 90.3 Å². The van der Waals surface area contributed by atoms with Crippen LogP contribution in [0.15, 0.2) is 0 Å². The molecule has 0 spiro atoms. The van der Waals surface area contributed by atoms with Gasteiger partial charge in [-0.05, 0) is 0 Å². The Morgan fingerprint density at radius 2 is 1.00 bits per heavy atom. The average Bonchev–Trinajstić information content (AvgIpc) is 1.76. The molecule has 0 aromatic heterocycles. The van der Waals surface area contributed by atoms with E-state index in [1.807, 2.05) is 0 Å². The quantitative estimate of drug-likeness (QED) is 0.263. The van der Waals surface area contributed by atoms with Crippen molar-refractivity contribution in [3.63, 3.8) is 0 Å². The first-order chi connectivity index (χ1) is 6.31. The molecule has 0 amide bonds. The summed E-state index contributed by atoms with van der Waals surface area (Å²) in [7, 11) is -17.5. The monoisotopic (exact) mass is 322 g/mol. The summed E-state index contributed by atoms with van der Waals surface area (Å²) in [5, 5.41) is 0. The first kappa shape index (κ1) is 19.7. The van der Waals surface area contributed by atoms with E-state index in [1.54, 1.807) is 0 Å². The Bertz CT molecular complexity index is 460. The van der Waals surface area contributed by atoms with Crippen LogP contribution in [0.3, 0.4) is 0 Å². The van der Waals surface area contributed by atoms with Gasteiger partial charge >= 0.3 is 85.2 Å². The molecule has 92 valence electrons. The van der Waals surface area contributed by atoms with Gasteiger partial charge in [0.1, 0.15) is 0 Å². The fraction of sp³-hybridized carbons (Fsp3) is 0.667. The van der Waals surface area contributed by atoms with Crippen LogP contribution in [0.2, 0.25) is 0 Å². The SMILES string of the molecule is [CH2-]CC(S(=O)(=O)O)(S(=O)(=O)O)S(=O)(=O)O.[K+]. The van der Waals surface area contributed by atoms with Crippen molar-refractivity contribution in [3.8, 4) is 0 Å². The van der Waals surface area contributed by atoms with Crippen LogP contribution >= 0.6 is 0 Å². The van der Waals surface area contributed by atoms with E-state index in [-0.39, 0.29) is 51.4 Å². The van der Waals surface area contributed by atoms with Crippen molar-refractivity contribution in [2.24, 2.45) is 0 Å². The Morgan fingerprint density at radius 1 is 0.812 bits per heavy atom. The van der Waals surface area contributed by atoms with Crippen molar-refractivity contribution in [1.29, 1.82) is 0 Å². The molecule has 0 saturated heterocycles. The van der Waals surface area contributed by atoms with E-state index in [1.165, 1.54) is 0 Å². The average molecular weight is 322 g/mol. The summed E-state index contributed by atoms with van der Waals surface area (Å²) in [6.45, 7) is 2.64. The van der Waals surface area contributed by atoms with Gasteiger partial charge in [-0.25, -0.2) is 0 Å². The van der Waals surface area contributed by atoms with Crippen LogP contribution in [0.4, 0.5) is 0 Å². The smallest absolute Gasteiger partial charge is 0.340 e. The second kappa shape index (κ2) is 5.56. The van der Waals surface area contributed by atoms with Gasteiger partial charge in [0.15, 0.2) is 0 Å². The van der Waals surface area contributed by atoms with Crippen LogP contribution in [0.5, 0.6) is 0 Å². The van der Waals surface area contributed by atoms with Crippen LogP contribution in [-0.4, -0.2) is 42.3 Å². The van der Waals surface area contributed by atoms with E-state index in [2.05, 4.69) is 6.92 Å². The summed E-state index contributed by atoms with van der Waals surface area (Å²) < 4.78 is 84.9. The van der Waals surface area contributed by atoms with E-state index in [9.17, 15) is 25.3 Å².